The van der Waals surface area contributed by atoms with Gasteiger partial charge in [0, 0.05) is 18.3 Å². The number of methoxy groups -OCH3 is 1. The second-order valence-electron chi connectivity index (χ2n) is 6.63. The highest BCUT2D eigenvalue weighted by atomic mass is 16.5. The molecule has 0 aliphatic carbocycles. The average Bonchev–Trinajstić information content (AvgIpc) is 3.43. The van der Waals surface area contributed by atoms with Crippen molar-refractivity contribution >= 4 is 17.7 Å². The number of ketones is 1. The molecule has 0 radical (unpaired) electrons. The number of hydrogen-bond acceptors (Lipinski definition) is 6. The van der Waals surface area contributed by atoms with Gasteiger partial charge in [-0.1, -0.05) is 0 Å². The molecule has 3 aromatic rings. The molecule has 0 spiro atoms. The van der Waals surface area contributed by atoms with Crippen LogP contribution in [0.15, 0.2) is 45.6 Å². The number of furan rings is 2. The van der Waals surface area contributed by atoms with E-state index in [9.17, 15) is 14.4 Å². The molecule has 0 aliphatic heterocycles. The number of rotatable bonds is 7. The van der Waals surface area contributed by atoms with E-state index in [0.29, 0.717) is 28.3 Å². The highest BCUT2D eigenvalue weighted by Crippen LogP contribution is 2.23. The lowest BCUT2D eigenvalue weighted by atomic mass is 10.0. The second kappa shape index (κ2) is 8.22. The van der Waals surface area contributed by atoms with Gasteiger partial charge in [-0.15, -0.1) is 0 Å². The molecule has 0 saturated heterocycles. The van der Waals surface area contributed by atoms with E-state index in [4.69, 9.17) is 13.6 Å². The molecule has 0 aliphatic rings. The Morgan fingerprint density at radius 2 is 1.79 bits per heavy atom. The predicted octanol–water partition coefficient (Wildman–Crippen LogP) is 3.14. The molecule has 0 unspecified atom stereocenters. The zero-order valence-corrected chi connectivity index (χ0v) is 16.7. The molecular formula is C21H22N2O6. The molecule has 3 heterocycles. The molecule has 3 rings (SSSR count). The summed E-state index contributed by atoms with van der Waals surface area (Å²) in [5, 5.41) is 0. The molecule has 0 atom stereocenters. The third kappa shape index (κ3) is 3.87. The molecule has 29 heavy (non-hydrogen) atoms. The van der Waals surface area contributed by atoms with Crippen molar-refractivity contribution in [1.29, 1.82) is 0 Å². The summed E-state index contributed by atoms with van der Waals surface area (Å²) >= 11 is 0. The Labute approximate surface area is 167 Å². The second-order valence-corrected chi connectivity index (χ2v) is 6.63. The number of carbonyl (C=O) groups excluding carboxylic acids is 3. The van der Waals surface area contributed by atoms with Gasteiger partial charge in [-0.2, -0.15) is 0 Å². The molecule has 8 nitrogen and oxygen atoms in total. The molecule has 0 bridgehead atoms. The Balaban J connectivity index is 1.93. The maximum Gasteiger partial charge on any atom is 0.354 e. The van der Waals surface area contributed by atoms with Crippen LogP contribution in [0.2, 0.25) is 0 Å². The number of nitrogens with zero attached hydrogens (tertiary/aromatic N) is 2. The maximum atomic E-state index is 13.2. The standard InChI is InChI=1S/C21H22N2O6/c1-13-18(14(2)22(3)19(13)21(26)27-4)16(24)12-23(11-15-7-5-9-28-15)20(25)17-8-6-10-29-17/h5-10H,11-12H2,1-4H3. The first kappa shape index (κ1) is 20.2. The van der Waals surface area contributed by atoms with Gasteiger partial charge in [0.2, 0.25) is 0 Å². The molecule has 1 amide bonds. The Morgan fingerprint density at radius 3 is 2.38 bits per heavy atom. The van der Waals surface area contributed by atoms with Crippen LogP contribution < -0.4 is 0 Å². The van der Waals surface area contributed by atoms with Crippen LogP contribution in [0, 0.1) is 13.8 Å². The Bertz CT molecular complexity index is 1030. The highest BCUT2D eigenvalue weighted by Gasteiger charge is 2.28. The van der Waals surface area contributed by atoms with Gasteiger partial charge in [-0.3, -0.25) is 9.59 Å². The van der Waals surface area contributed by atoms with Crippen LogP contribution in [-0.2, 0) is 18.3 Å². The molecular weight excluding hydrogens is 376 g/mol. The highest BCUT2D eigenvalue weighted by molar-refractivity contribution is 6.05. The van der Waals surface area contributed by atoms with Gasteiger partial charge in [0.15, 0.2) is 11.5 Å². The van der Waals surface area contributed by atoms with Crippen molar-refractivity contribution in [2.24, 2.45) is 7.05 Å². The molecule has 0 fully saturated rings. The van der Waals surface area contributed by atoms with Gasteiger partial charge < -0.3 is 23.0 Å². The first-order chi connectivity index (χ1) is 13.8. The van der Waals surface area contributed by atoms with Gasteiger partial charge in [0.1, 0.15) is 11.5 Å². The molecule has 3 aromatic heterocycles. The molecule has 152 valence electrons. The monoisotopic (exact) mass is 398 g/mol. The summed E-state index contributed by atoms with van der Waals surface area (Å²) in [5.74, 6) is -0.585. The maximum absolute atomic E-state index is 13.2. The summed E-state index contributed by atoms with van der Waals surface area (Å²) in [6, 6.07) is 6.58. The minimum absolute atomic E-state index is 0.104. The number of Topliss-reactive ketones (excluding diaryl/α,β-unsaturated/α-hetero) is 1. The van der Waals surface area contributed by atoms with Gasteiger partial charge in [-0.05, 0) is 43.7 Å². The van der Waals surface area contributed by atoms with Crippen LogP contribution >= 0.6 is 0 Å². The van der Waals surface area contributed by atoms with Crippen molar-refractivity contribution < 1.29 is 28.0 Å². The van der Waals surface area contributed by atoms with E-state index in [1.807, 2.05) is 0 Å². The first-order valence-corrected chi connectivity index (χ1v) is 8.97. The summed E-state index contributed by atoms with van der Waals surface area (Å²) in [4.78, 5) is 39.5. The number of aromatic nitrogens is 1. The minimum Gasteiger partial charge on any atom is -0.467 e. The normalized spacial score (nSPS) is 10.8. The minimum atomic E-state index is -0.522. The largest absolute Gasteiger partial charge is 0.467 e. The van der Waals surface area contributed by atoms with Crippen LogP contribution in [0.1, 0.15) is 48.4 Å². The van der Waals surface area contributed by atoms with Crippen LogP contribution in [0.3, 0.4) is 0 Å². The predicted molar refractivity (Wildman–Crippen MR) is 103 cm³/mol. The summed E-state index contributed by atoms with van der Waals surface area (Å²) in [7, 11) is 2.98. The van der Waals surface area contributed by atoms with E-state index in [2.05, 4.69) is 0 Å². The van der Waals surface area contributed by atoms with Gasteiger partial charge in [0.05, 0.1) is 32.7 Å². The number of ether oxygens (including phenoxy) is 1. The lowest BCUT2D eigenvalue weighted by Gasteiger charge is -2.20. The summed E-state index contributed by atoms with van der Waals surface area (Å²) in [6.45, 7) is 3.34. The smallest absolute Gasteiger partial charge is 0.354 e. The fraction of sp³-hybridized carbons (Fsp3) is 0.286. The van der Waals surface area contributed by atoms with Crippen molar-refractivity contribution in [3.63, 3.8) is 0 Å². The topological polar surface area (TPSA) is 94.9 Å². The Morgan fingerprint density at radius 1 is 1.10 bits per heavy atom. The Hall–Kier alpha value is -3.55. The van der Waals surface area contributed by atoms with E-state index in [0.717, 1.165) is 0 Å². The molecule has 0 N–H and O–H groups in total. The molecule has 0 saturated carbocycles. The van der Waals surface area contributed by atoms with E-state index in [1.54, 1.807) is 43.7 Å². The van der Waals surface area contributed by atoms with E-state index in [-0.39, 0.29) is 24.6 Å². The quantitative estimate of drug-likeness (QED) is 0.448. The Kier molecular flexibility index (Phi) is 5.72. The van der Waals surface area contributed by atoms with Crippen molar-refractivity contribution in [1.82, 2.24) is 9.47 Å². The zero-order chi connectivity index (χ0) is 21.1. The first-order valence-electron chi connectivity index (χ1n) is 8.97. The van der Waals surface area contributed by atoms with E-state index >= 15 is 0 Å². The third-order valence-corrected chi connectivity index (χ3v) is 4.87. The summed E-state index contributed by atoms with van der Waals surface area (Å²) < 4.78 is 17.0. The SMILES string of the molecule is COC(=O)c1c(C)c(C(=O)CN(Cc2ccco2)C(=O)c2ccco2)c(C)n1C. The lowest BCUT2D eigenvalue weighted by Crippen LogP contribution is -2.35. The number of esters is 1. The van der Waals surface area contributed by atoms with Crippen LogP contribution in [0.4, 0.5) is 0 Å². The lowest BCUT2D eigenvalue weighted by molar-refractivity contribution is 0.0588. The van der Waals surface area contributed by atoms with Gasteiger partial charge >= 0.3 is 5.97 Å². The third-order valence-electron chi connectivity index (χ3n) is 4.87. The van der Waals surface area contributed by atoms with Gasteiger partial charge in [-0.25, -0.2) is 4.79 Å². The molecule has 0 aromatic carbocycles. The summed E-state index contributed by atoms with van der Waals surface area (Å²) in [6.07, 6.45) is 2.90. The van der Waals surface area contributed by atoms with Crippen molar-refractivity contribution in [2.75, 3.05) is 13.7 Å². The van der Waals surface area contributed by atoms with Crippen LogP contribution in [-0.4, -0.2) is 40.8 Å². The number of carbonyl (C=O) groups is 3. The van der Waals surface area contributed by atoms with Crippen molar-refractivity contribution in [2.45, 2.75) is 20.4 Å². The summed E-state index contributed by atoms with van der Waals surface area (Å²) in [5.41, 5.74) is 1.84. The van der Waals surface area contributed by atoms with E-state index < -0.39 is 11.9 Å². The zero-order valence-electron chi connectivity index (χ0n) is 16.7. The van der Waals surface area contributed by atoms with Crippen LogP contribution in [0.5, 0.6) is 0 Å². The molecule has 8 heteroatoms. The fourth-order valence-corrected chi connectivity index (χ4v) is 3.37. The number of hydrogen-bond donors (Lipinski definition) is 0. The number of amides is 1. The van der Waals surface area contributed by atoms with Gasteiger partial charge in [0.25, 0.3) is 5.91 Å². The van der Waals surface area contributed by atoms with Crippen molar-refractivity contribution in [3.05, 3.63) is 70.8 Å². The van der Waals surface area contributed by atoms with E-state index in [1.165, 1.54) is 30.6 Å². The van der Waals surface area contributed by atoms with Crippen LogP contribution in [0.25, 0.3) is 0 Å². The fourth-order valence-electron chi connectivity index (χ4n) is 3.37. The van der Waals surface area contributed by atoms with Crippen molar-refractivity contribution in [3.8, 4) is 0 Å². The average molecular weight is 398 g/mol.